The SMILES string of the molecule is C=Cc1cnc(OC)nc1.COc1ncc(C=O)cn1.COc1ncc([C@@H](CO[Si](C)(C)C(C)(C)C)N=[N+]=[N-])cn1.COc1ncc([C@@H](O)CO)cn1.COc1ncc([C@@H](O)CO[Si](C)(C)C(C)(C)C)cn1.COc1ncc([C@H](N)CO[Si](C)(C)C(C)(C)C)cn1. The predicted octanol–water partition coefficient (Wildman–Crippen LogP) is 9.84. The van der Waals surface area contributed by atoms with Crippen LogP contribution in [0.1, 0.15) is 125 Å². The highest BCUT2D eigenvalue weighted by molar-refractivity contribution is 6.74. The number of aromatic nitrogens is 12. The maximum absolute atomic E-state index is 10.1. The van der Waals surface area contributed by atoms with Crippen LogP contribution in [0.15, 0.2) is 86.1 Å². The number of aliphatic hydroxyl groups is 3. The van der Waals surface area contributed by atoms with Gasteiger partial charge >= 0.3 is 36.1 Å². The number of nitrogens with zero attached hydrogens (tertiary/aromatic N) is 15. The molecule has 502 valence electrons. The Labute approximate surface area is 538 Å². The van der Waals surface area contributed by atoms with Gasteiger partial charge in [0.05, 0.1) is 80.1 Å². The molecule has 91 heavy (non-hydrogen) atoms. The van der Waals surface area contributed by atoms with E-state index in [0.29, 0.717) is 59.8 Å². The number of aldehydes is 1. The minimum absolute atomic E-state index is 0.102. The van der Waals surface area contributed by atoms with E-state index >= 15 is 0 Å². The average Bonchev–Trinajstić information content (AvgIpc) is 1.69. The third-order valence-electron chi connectivity index (χ3n) is 14.5. The summed E-state index contributed by atoms with van der Waals surface area (Å²) in [5, 5.41) is 32.0. The molecule has 5 N–H and O–H groups in total. The molecule has 0 saturated carbocycles. The van der Waals surface area contributed by atoms with E-state index in [1.807, 2.05) is 0 Å². The van der Waals surface area contributed by atoms with Crippen LogP contribution in [0.4, 0.5) is 0 Å². The van der Waals surface area contributed by atoms with E-state index in [2.05, 4.69) is 183 Å². The lowest BCUT2D eigenvalue weighted by atomic mass is 10.2. The standard InChI is InChI=1S/C13H23N5O2Si.C13H25N3O2Si.C13H24N2O3Si.C7H10N2O3.C7H8N2O.C6H6N2O2/c1-13(2,3)21(5,6)20-9-11(17-18-14)10-7-15-12(19-4)16-8-10;1-13(2,3)19(5,6)18-9-11(14)10-7-15-12(17-4)16-8-10;1-13(2,3)19(5,6)18-9-11(16)10-7-14-12(17-4)15-8-10;1-12-7-8-2-5(3-9-7)6(11)4-10;1-3-6-4-8-7(10-2)9-5-6;1-10-6-7-2-5(4-9)3-8-6/h7-8,11H,9H2,1-6H3;7-8,11H,9,14H2,1-6H3;7-8,11,16H,9H2,1-6H3;2-3,6,10-11H,4H2,1H3;3-5H,1H2,2H3;2-4H,1H3/t3*11-;6-;;/m1100../s1. The fourth-order valence-electron chi connectivity index (χ4n) is 5.54. The Kier molecular flexibility index (Phi) is 35.4. The number of aliphatic hydroxyl groups excluding tert-OH is 3. The molecule has 0 aliphatic rings. The van der Waals surface area contributed by atoms with Gasteiger partial charge in [-0.3, -0.25) is 4.79 Å². The molecule has 6 aromatic rings. The van der Waals surface area contributed by atoms with Gasteiger partial charge in [-0.15, -0.1) is 0 Å². The zero-order valence-corrected chi connectivity index (χ0v) is 59.6. The largest absolute Gasteiger partial charge is 0.467 e. The molecule has 0 amide bonds. The molecule has 6 rings (SSSR count). The fourth-order valence-corrected chi connectivity index (χ4v) is 8.59. The van der Waals surface area contributed by atoms with Crippen molar-refractivity contribution < 1.29 is 61.8 Å². The van der Waals surface area contributed by atoms with E-state index < -0.39 is 43.2 Å². The summed E-state index contributed by atoms with van der Waals surface area (Å²) in [6, 6.07) is 1.17. The molecule has 0 spiro atoms. The zero-order valence-electron chi connectivity index (χ0n) is 56.6. The Morgan fingerprint density at radius 3 is 1.04 bits per heavy atom. The van der Waals surface area contributed by atoms with Gasteiger partial charge in [-0.05, 0) is 59.9 Å². The summed E-state index contributed by atoms with van der Waals surface area (Å²) < 4.78 is 47.0. The molecule has 0 radical (unpaired) electrons. The Balaban J connectivity index is 0.000000558. The van der Waals surface area contributed by atoms with Crippen molar-refractivity contribution in [1.82, 2.24) is 59.8 Å². The van der Waals surface area contributed by atoms with E-state index in [0.717, 1.165) is 11.1 Å². The van der Waals surface area contributed by atoms with Crippen LogP contribution in [-0.4, -0.2) is 175 Å². The van der Waals surface area contributed by atoms with E-state index in [9.17, 15) is 9.90 Å². The van der Waals surface area contributed by atoms with E-state index in [1.165, 1.54) is 67.4 Å². The predicted molar refractivity (Wildman–Crippen MR) is 352 cm³/mol. The van der Waals surface area contributed by atoms with Gasteiger partial charge in [-0.2, -0.15) is 0 Å². The van der Waals surface area contributed by atoms with Crippen LogP contribution in [0, 0.1) is 0 Å². The van der Waals surface area contributed by atoms with Gasteiger partial charge in [0.1, 0.15) is 12.2 Å². The van der Waals surface area contributed by atoms with Crippen molar-refractivity contribution in [2.24, 2.45) is 10.8 Å². The van der Waals surface area contributed by atoms with Crippen molar-refractivity contribution in [1.29, 1.82) is 0 Å². The second-order valence-electron chi connectivity index (χ2n) is 24.1. The lowest BCUT2D eigenvalue weighted by Crippen LogP contribution is -2.42. The number of nitrogens with two attached hydrogens (primary N) is 1. The second kappa shape index (κ2) is 39.6. The first-order valence-corrected chi connectivity index (χ1v) is 37.2. The van der Waals surface area contributed by atoms with Crippen LogP contribution in [0.5, 0.6) is 36.1 Å². The first-order valence-electron chi connectivity index (χ1n) is 28.5. The van der Waals surface area contributed by atoms with E-state index in [-0.39, 0.29) is 52.4 Å². The number of azide groups is 1. The van der Waals surface area contributed by atoms with Gasteiger partial charge in [0.25, 0.3) is 0 Å². The highest BCUT2D eigenvalue weighted by Crippen LogP contribution is 2.39. The zero-order chi connectivity index (χ0) is 69.2. The summed E-state index contributed by atoms with van der Waals surface area (Å²) in [6.45, 7) is 37.0. The summed E-state index contributed by atoms with van der Waals surface area (Å²) >= 11 is 0. The number of carbonyl (C=O) groups is 1. The third kappa shape index (κ3) is 29.5. The van der Waals surface area contributed by atoms with Crippen molar-refractivity contribution in [2.45, 2.75) is 141 Å². The molecule has 0 saturated heterocycles. The monoisotopic (exact) mass is 1320 g/mol. The van der Waals surface area contributed by atoms with Crippen LogP contribution >= 0.6 is 0 Å². The summed E-state index contributed by atoms with van der Waals surface area (Å²) in [5.74, 6) is 0. The molecule has 32 heteroatoms. The molecule has 29 nitrogen and oxygen atoms in total. The van der Waals surface area contributed by atoms with Crippen LogP contribution in [0.3, 0.4) is 0 Å². The van der Waals surface area contributed by atoms with Crippen molar-refractivity contribution >= 4 is 37.3 Å². The summed E-state index contributed by atoms with van der Waals surface area (Å²) in [6.07, 6.45) is 19.3. The van der Waals surface area contributed by atoms with Crippen LogP contribution < -0.4 is 34.2 Å². The van der Waals surface area contributed by atoms with E-state index in [4.69, 9.17) is 58.4 Å². The quantitative estimate of drug-likeness (QED) is 0.0152. The molecule has 6 aromatic heterocycles. The van der Waals surface area contributed by atoms with E-state index in [1.54, 1.807) is 55.7 Å². The molecule has 0 aliphatic heterocycles. The maximum atomic E-state index is 10.1. The van der Waals surface area contributed by atoms with Crippen molar-refractivity contribution in [3.05, 3.63) is 125 Å². The van der Waals surface area contributed by atoms with Gasteiger partial charge in [-0.1, -0.05) is 80.1 Å². The number of methoxy groups -OCH3 is 6. The summed E-state index contributed by atoms with van der Waals surface area (Å²) in [7, 11) is 3.49. The Hall–Kier alpha value is -7.63. The van der Waals surface area contributed by atoms with Gasteiger partial charge in [0.2, 0.25) is 0 Å². The molecular formula is C59H96N16O13Si3. The number of hydrogen-bond donors (Lipinski definition) is 4. The Bertz CT molecular complexity index is 2900. The fraction of sp³-hybridized carbons (Fsp3) is 0.542. The molecule has 6 heterocycles. The van der Waals surface area contributed by atoms with Crippen LogP contribution in [-0.2, 0) is 13.3 Å². The Morgan fingerprint density at radius 2 is 0.758 bits per heavy atom. The third-order valence-corrected chi connectivity index (χ3v) is 28.1. The van der Waals surface area contributed by atoms with Crippen molar-refractivity contribution in [2.75, 3.05) is 69.1 Å². The Morgan fingerprint density at radius 1 is 0.484 bits per heavy atom. The number of rotatable bonds is 23. The number of carbonyl (C=O) groups excluding carboxylic acids is 1. The molecule has 0 aliphatic carbocycles. The molecule has 0 bridgehead atoms. The topological polar surface area (TPSA) is 390 Å². The highest BCUT2D eigenvalue weighted by Gasteiger charge is 2.39. The lowest BCUT2D eigenvalue weighted by molar-refractivity contribution is 0.0949. The van der Waals surface area contributed by atoms with Crippen molar-refractivity contribution in [3.63, 3.8) is 0 Å². The first-order chi connectivity index (χ1) is 42.6. The smallest absolute Gasteiger partial charge is 0.316 e. The molecule has 4 atom stereocenters. The minimum Gasteiger partial charge on any atom is -0.467 e. The maximum Gasteiger partial charge on any atom is 0.316 e. The minimum atomic E-state index is -1.90. The summed E-state index contributed by atoms with van der Waals surface area (Å²) in [5.41, 5.74) is 18.9. The highest BCUT2D eigenvalue weighted by atomic mass is 28.4. The van der Waals surface area contributed by atoms with Crippen LogP contribution in [0.25, 0.3) is 16.5 Å². The lowest BCUT2D eigenvalue weighted by Gasteiger charge is -2.36. The van der Waals surface area contributed by atoms with Gasteiger partial charge < -0.3 is 62.8 Å². The molecule has 0 fully saturated rings. The van der Waals surface area contributed by atoms with Gasteiger partial charge in [0, 0.05) is 114 Å². The van der Waals surface area contributed by atoms with Crippen LogP contribution in [0.2, 0.25) is 54.4 Å². The molecule has 0 unspecified atom stereocenters. The number of hydrogen-bond acceptors (Lipinski definition) is 27. The van der Waals surface area contributed by atoms with Gasteiger partial charge in [-0.25, -0.2) is 59.8 Å². The second-order valence-corrected chi connectivity index (χ2v) is 38.5. The summed E-state index contributed by atoms with van der Waals surface area (Å²) in [4.78, 5) is 59.8. The molecule has 0 aromatic carbocycles. The normalized spacial score (nSPS) is 12.7. The van der Waals surface area contributed by atoms with Crippen molar-refractivity contribution in [3.8, 4) is 36.1 Å². The average molecular weight is 1320 g/mol. The first kappa shape index (κ1) is 81.4. The number of ether oxygens (including phenoxy) is 6. The molecular weight excluding hydrogens is 1230 g/mol. The van der Waals surface area contributed by atoms with Gasteiger partial charge in [0.15, 0.2) is 31.2 Å².